The molecular formula is C21H21ClN2O5. The summed E-state index contributed by atoms with van der Waals surface area (Å²) in [6.45, 7) is 1.91. The Kier molecular flexibility index (Phi) is 6.29. The fourth-order valence-corrected chi connectivity index (χ4v) is 3.48. The Morgan fingerprint density at radius 3 is 2.48 bits per heavy atom. The fourth-order valence-electron chi connectivity index (χ4n) is 3.18. The minimum absolute atomic E-state index is 0.192. The van der Waals surface area contributed by atoms with Crippen LogP contribution in [0.1, 0.15) is 24.1 Å². The van der Waals surface area contributed by atoms with Gasteiger partial charge in [-0.15, -0.1) is 0 Å². The standard InChI is InChI=1S/C21H21ClN2O5/c1-4-29-20(25)16-17(12-8-6-5-7-9-12)23-21(26)24-18(16)13-10-14(22)19(28-3)15(11-13)27-2/h5-11,18H,4H2,1-3H3,(H2,23,24,26)/t18-/m1/s1. The first-order chi connectivity index (χ1) is 14.0. The number of hydrogen-bond acceptors (Lipinski definition) is 5. The summed E-state index contributed by atoms with van der Waals surface area (Å²) in [6.07, 6.45) is 0. The number of rotatable bonds is 6. The maximum atomic E-state index is 12.9. The summed E-state index contributed by atoms with van der Waals surface area (Å²) in [4.78, 5) is 25.3. The Bertz CT molecular complexity index is 959. The number of ether oxygens (including phenoxy) is 3. The number of carbonyl (C=O) groups excluding carboxylic acids is 2. The maximum absolute atomic E-state index is 12.9. The van der Waals surface area contributed by atoms with Gasteiger partial charge in [0.2, 0.25) is 0 Å². The van der Waals surface area contributed by atoms with Crippen LogP contribution in [-0.2, 0) is 9.53 Å². The molecule has 7 nitrogen and oxygen atoms in total. The number of carbonyl (C=O) groups is 2. The van der Waals surface area contributed by atoms with Crippen LogP contribution in [0.2, 0.25) is 5.02 Å². The van der Waals surface area contributed by atoms with Gasteiger partial charge in [-0.2, -0.15) is 0 Å². The number of amides is 2. The highest BCUT2D eigenvalue weighted by atomic mass is 35.5. The molecule has 1 atom stereocenters. The average Bonchev–Trinajstić information content (AvgIpc) is 2.73. The van der Waals surface area contributed by atoms with Gasteiger partial charge in [-0.3, -0.25) is 0 Å². The van der Waals surface area contributed by atoms with E-state index in [0.29, 0.717) is 33.3 Å². The lowest BCUT2D eigenvalue weighted by Gasteiger charge is -2.30. The summed E-state index contributed by atoms with van der Waals surface area (Å²) < 4.78 is 15.9. The molecule has 0 bridgehead atoms. The first-order valence-corrected chi connectivity index (χ1v) is 9.33. The maximum Gasteiger partial charge on any atom is 0.338 e. The summed E-state index contributed by atoms with van der Waals surface area (Å²) in [7, 11) is 2.96. The molecule has 0 radical (unpaired) electrons. The molecule has 3 rings (SSSR count). The van der Waals surface area contributed by atoms with E-state index in [1.54, 1.807) is 31.2 Å². The summed E-state index contributed by atoms with van der Waals surface area (Å²) in [5, 5.41) is 5.79. The zero-order valence-electron chi connectivity index (χ0n) is 16.2. The molecule has 0 saturated heterocycles. The molecule has 0 fully saturated rings. The van der Waals surface area contributed by atoms with Crippen molar-refractivity contribution in [2.45, 2.75) is 13.0 Å². The first-order valence-electron chi connectivity index (χ1n) is 8.95. The molecule has 2 amide bonds. The molecule has 29 heavy (non-hydrogen) atoms. The van der Waals surface area contributed by atoms with Crippen molar-refractivity contribution < 1.29 is 23.8 Å². The quantitative estimate of drug-likeness (QED) is 0.701. The Morgan fingerprint density at radius 1 is 1.14 bits per heavy atom. The number of esters is 1. The normalized spacial score (nSPS) is 16.0. The lowest BCUT2D eigenvalue weighted by Crippen LogP contribution is -2.45. The van der Waals surface area contributed by atoms with Gasteiger partial charge < -0.3 is 24.8 Å². The van der Waals surface area contributed by atoms with Crippen LogP contribution < -0.4 is 20.1 Å². The molecule has 8 heteroatoms. The fraction of sp³-hybridized carbons (Fsp3) is 0.238. The van der Waals surface area contributed by atoms with Gasteiger partial charge in [0.25, 0.3) is 0 Å². The van der Waals surface area contributed by atoms with Gasteiger partial charge in [0, 0.05) is 0 Å². The Morgan fingerprint density at radius 2 is 1.86 bits per heavy atom. The third-order valence-electron chi connectivity index (χ3n) is 4.42. The minimum Gasteiger partial charge on any atom is -0.493 e. The molecule has 0 spiro atoms. The van der Waals surface area contributed by atoms with E-state index >= 15 is 0 Å². The van der Waals surface area contributed by atoms with E-state index in [0.717, 1.165) is 0 Å². The van der Waals surface area contributed by atoms with Crippen molar-refractivity contribution in [1.29, 1.82) is 0 Å². The Hall–Kier alpha value is -3.19. The van der Waals surface area contributed by atoms with Crippen molar-refractivity contribution in [3.8, 4) is 11.5 Å². The van der Waals surface area contributed by atoms with E-state index in [2.05, 4.69) is 10.6 Å². The average molecular weight is 417 g/mol. The van der Waals surface area contributed by atoms with Crippen molar-refractivity contribution in [2.75, 3.05) is 20.8 Å². The Balaban J connectivity index is 2.22. The molecule has 2 aromatic carbocycles. The molecule has 2 N–H and O–H groups in total. The predicted octanol–water partition coefficient (Wildman–Crippen LogP) is 3.69. The van der Waals surface area contributed by atoms with Crippen LogP contribution in [0.15, 0.2) is 48.0 Å². The van der Waals surface area contributed by atoms with E-state index in [9.17, 15) is 9.59 Å². The van der Waals surface area contributed by atoms with Gasteiger partial charge in [-0.05, 0) is 30.2 Å². The molecule has 152 valence electrons. The molecule has 0 aliphatic carbocycles. The number of benzene rings is 2. The van der Waals surface area contributed by atoms with Crippen LogP contribution >= 0.6 is 11.6 Å². The van der Waals surface area contributed by atoms with Crippen molar-refractivity contribution in [3.63, 3.8) is 0 Å². The molecule has 0 saturated carbocycles. The zero-order chi connectivity index (χ0) is 21.0. The monoisotopic (exact) mass is 416 g/mol. The van der Waals surface area contributed by atoms with Crippen LogP contribution in [0.4, 0.5) is 4.79 Å². The molecular weight excluding hydrogens is 396 g/mol. The topological polar surface area (TPSA) is 85.9 Å². The van der Waals surface area contributed by atoms with Crippen molar-refractivity contribution in [2.24, 2.45) is 0 Å². The third kappa shape index (κ3) is 4.14. The molecule has 0 aromatic heterocycles. The van der Waals surface area contributed by atoms with Crippen LogP contribution in [-0.4, -0.2) is 32.8 Å². The van der Waals surface area contributed by atoms with Gasteiger partial charge in [-0.1, -0.05) is 41.9 Å². The van der Waals surface area contributed by atoms with Crippen LogP contribution in [0.5, 0.6) is 11.5 Å². The van der Waals surface area contributed by atoms with Crippen LogP contribution in [0, 0.1) is 0 Å². The highest BCUT2D eigenvalue weighted by Gasteiger charge is 2.35. The van der Waals surface area contributed by atoms with Gasteiger partial charge >= 0.3 is 12.0 Å². The lowest BCUT2D eigenvalue weighted by molar-refractivity contribution is -0.138. The van der Waals surface area contributed by atoms with E-state index in [1.807, 2.05) is 18.2 Å². The first kappa shape index (κ1) is 20.5. The predicted molar refractivity (Wildman–Crippen MR) is 109 cm³/mol. The molecule has 1 aliphatic rings. The lowest BCUT2D eigenvalue weighted by atomic mass is 9.92. The molecule has 2 aromatic rings. The largest absolute Gasteiger partial charge is 0.493 e. The molecule has 1 heterocycles. The number of urea groups is 1. The second kappa shape index (κ2) is 8.87. The third-order valence-corrected chi connectivity index (χ3v) is 4.70. The summed E-state index contributed by atoms with van der Waals surface area (Å²) >= 11 is 6.35. The van der Waals surface area contributed by atoms with Gasteiger partial charge in [0.05, 0.1) is 43.2 Å². The van der Waals surface area contributed by atoms with Crippen molar-refractivity contribution in [3.05, 3.63) is 64.2 Å². The second-order valence-corrected chi connectivity index (χ2v) is 6.55. The second-order valence-electron chi connectivity index (χ2n) is 6.14. The van der Waals surface area contributed by atoms with Crippen molar-refractivity contribution >= 4 is 29.3 Å². The number of nitrogens with one attached hydrogen (secondary N) is 2. The van der Waals surface area contributed by atoms with Crippen molar-refractivity contribution in [1.82, 2.24) is 10.6 Å². The zero-order valence-corrected chi connectivity index (χ0v) is 17.0. The molecule has 0 unspecified atom stereocenters. The highest BCUT2D eigenvalue weighted by molar-refractivity contribution is 6.32. The van der Waals surface area contributed by atoms with Gasteiger partial charge in [0.15, 0.2) is 11.5 Å². The smallest absolute Gasteiger partial charge is 0.338 e. The van der Waals surface area contributed by atoms with Gasteiger partial charge in [0.1, 0.15) is 0 Å². The SMILES string of the molecule is CCOC(=O)C1=C(c2ccccc2)NC(=O)N[C@@H]1c1cc(Cl)c(OC)c(OC)c1. The minimum atomic E-state index is -0.796. The Labute approximate surface area is 173 Å². The molecule has 1 aliphatic heterocycles. The van der Waals surface area contributed by atoms with Gasteiger partial charge in [-0.25, -0.2) is 9.59 Å². The number of hydrogen-bond donors (Lipinski definition) is 2. The van der Waals surface area contributed by atoms with Crippen LogP contribution in [0.25, 0.3) is 5.70 Å². The summed E-state index contributed by atoms with van der Waals surface area (Å²) in [5.74, 6) is 0.199. The van der Waals surface area contributed by atoms with Crippen LogP contribution in [0.3, 0.4) is 0 Å². The summed E-state index contributed by atoms with van der Waals surface area (Å²) in [5.41, 5.74) is 1.88. The van der Waals surface area contributed by atoms with E-state index < -0.39 is 18.0 Å². The van der Waals surface area contributed by atoms with E-state index in [-0.39, 0.29) is 12.2 Å². The number of halogens is 1. The highest BCUT2D eigenvalue weighted by Crippen LogP contribution is 2.40. The van der Waals surface area contributed by atoms with E-state index in [4.69, 9.17) is 25.8 Å². The number of methoxy groups -OCH3 is 2. The summed E-state index contributed by atoms with van der Waals surface area (Å²) in [6, 6.07) is 11.1. The van der Waals surface area contributed by atoms with E-state index in [1.165, 1.54) is 14.2 Å².